The van der Waals surface area contributed by atoms with Gasteiger partial charge in [0.05, 0.1) is 7.11 Å². The molecule has 37 heavy (non-hydrogen) atoms. The molecule has 4 aromatic rings. The highest BCUT2D eigenvalue weighted by Crippen LogP contribution is 2.30. The van der Waals surface area contributed by atoms with Gasteiger partial charge in [0, 0.05) is 12.3 Å². The lowest BCUT2D eigenvalue weighted by molar-refractivity contribution is -0.154. The second-order valence-corrected chi connectivity index (χ2v) is 8.51. The van der Waals surface area contributed by atoms with E-state index in [2.05, 4.69) is 10.3 Å². The van der Waals surface area contributed by atoms with E-state index in [0.29, 0.717) is 5.75 Å². The van der Waals surface area contributed by atoms with Crippen molar-refractivity contribution in [2.75, 3.05) is 7.11 Å². The Bertz CT molecular complexity index is 1390. The van der Waals surface area contributed by atoms with E-state index in [0.717, 1.165) is 16.3 Å². The zero-order valence-corrected chi connectivity index (χ0v) is 20.8. The van der Waals surface area contributed by atoms with Gasteiger partial charge in [-0.1, -0.05) is 54.6 Å². The van der Waals surface area contributed by atoms with Crippen molar-refractivity contribution in [1.82, 2.24) is 10.3 Å². The maximum atomic E-state index is 12.9. The molecule has 3 aromatic carbocycles. The Morgan fingerprint density at radius 1 is 0.919 bits per heavy atom. The minimum atomic E-state index is -1.02. The number of para-hydroxylation sites is 1. The quantitative estimate of drug-likeness (QED) is 0.317. The van der Waals surface area contributed by atoms with Crippen molar-refractivity contribution in [3.63, 3.8) is 0 Å². The molecule has 0 fully saturated rings. The fourth-order valence-corrected chi connectivity index (χ4v) is 3.90. The number of amides is 1. The van der Waals surface area contributed by atoms with Gasteiger partial charge >= 0.3 is 5.97 Å². The maximum Gasteiger partial charge on any atom is 0.328 e. The summed E-state index contributed by atoms with van der Waals surface area (Å²) >= 11 is 0. The van der Waals surface area contributed by atoms with Crippen molar-refractivity contribution < 1.29 is 28.9 Å². The Morgan fingerprint density at radius 2 is 1.62 bits per heavy atom. The highest BCUT2D eigenvalue weighted by molar-refractivity contribution is 5.97. The van der Waals surface area contributed by atoms with Gasteiger partial charge in [0.25, 0.3) is 5.91 Å². The summed E-state index contributed by atoms with van der Waals surface area (Å²) in [7, 11) is 1.36. The van der Waals surface area contributed by atoms with Crippen LogP contribution in [0.3, 0.4) is 0 Å². The first-order valence-electron chi connectivity index (χ1n) is 11.8. The van der Waals surface area contributed by atoms with Gasteiger partial charge in [-0.05, 0) is 48.4 Å². The normalized spacial score (nSPS) is 13.3. The van der Waals surface area contributed by atoms with E-state index in [1.807, 2.05) is 72.8 Å². The van der Waals surface area contributed by atoms with Gasteiger partial charge < -0.3 is 24.6 Å². The molecule has 0 aliphatic rings. The molecule has 4 rings (SSSR count). The fraction of sp³-hybridized carbons (Fsp3) is 0.207. The summed E-state index contributed by atoms with van der Waals surface area (Å²) in [6.07, 6.45) is 0.0210. The number of rotatable bonds is 9. The minimum Gasteiger partial charge on any atom is -0.503 e. The number of carbonyl (C=O) groups is 2. The number of nitrogens with zero attached hydrogens (tertiary/aromatic N) is 1. The summed E-state index contributed by atoms with van der Waals surface area (Å²) in [6, 6.07) is 23.6. The maximum absolute atomic E-state index is 12.9. The lowest BCUT2D eigenvalue weighted by atomic mass is 10.0. The van der Waals surface area contributed by atoms with Crippen LogP contribution in [0, 0.1) is 0 Å². The first-order valence-corrected chi connectivity index (χ1v) is 11.8. The van der Waals surface area contributed by atoms with Gasteiger partial charge in [-0.2, -0.15) is 0 Å². The SMILES string of the molecule is COc1ccnc(C(=O)N[C@@H](C)C(=O)O[C@@H](C)[C@H](Oc2ccccc2)c2ccc3ccccc3c2)c1O. The van der Waals surface area contributed by atoms with Crippen LogP contribution in [0.5, 0.6) is 17.2 Å². The molecule has 8 heteroatoms. The molecule has 2 N–H and O–H groups in total. The number of nitrogens with one attached hydrogen (secondary N) is 1. The Labute approximate surface area is 214 Å². The smallest absolute Gasteiger partial charge is 0.328 e. The number of hydrogen-bond acceptors (Lipinski definition) is 7. The molecule has 3 atom stereocenters. The molecular weight excluding hydrogens is 472 g/mol. The topological polar surface area (TPSA) is 107 Å². The number of methoxy groups -OCH3 is 1. The third-order valence-electron chi connectivity index (χ3n) is 5.86. The van der Waals surface area contributed by atoms with Crippen LogP contribution in [-0.2, 0) is 9.53 Å². The fourth-order valence-electron chi connectivity index (χ4n) is 3.90. The van der Waals surface area contributed by atoms with Crippen molar-refractivity contribution in [3.05, 3.63) is 96.3 Å². The van der Waals surface area contributed by atoms with Gasteiger partial charge in [-0.15, -0.1) is 0 Å². The average Bonchev–Trinajstić information content (AvgIpc) is 2.92. The van der Waals surface area contributed by atoms with E-state index in [1.54, 1.807) is 6.92 Å². The lowest BCUT2D eigenvalue weighted by Gasteiger charge is -2.27. The van der Waals surface area contributed by atoms with E-state index in [-0.39, 0.29) is 11.4 Å². The molecular formula is C29H28N2O6. The van der Waals surface area contributed by atoms with E-state index in [9.17, 15) is 14.7 Å². The summed E-state index contributed by atoms with van der Waals surface area (Å²) in [6.45, 7) is 3.23. The lowest BCUT2D eigenvalue weighted by Crippen LogP contribution is -2.42. The average molecular weight is 501 g/mol. The molecule has 1 aromatic heterocycles. The van der Waals surface area contributed by atoms with Crippen LogP contribution < -0.4 is 14.8 Å². The second kappa shape index (κ2) is 11.4. The van der Waals surface area contributed by atoms with Crippen LogP contribution in [-0.4, -0.2) is 41.2 Å². The molecule has 1 amide bonds. The Kier molecular flexibility index (Phi) is 7.88. The number of fused-ring (bicyclic) bond motifs is 1. The summed E-state index contributed by atoms with van der Waals surface area (Å²) in [5.41, 5.74) is 0.582. The molecule has 0 spiro atoms. The molecule has 0 saturated heterocycles. The Balaban J connectivity index is 1.51. The molecule has 8 nitrogen and oxygen atoms in total. The van der Waals surface area contributed by atoms with Gasteiger partial charge in [0.1, 0.15) is 17.9 Å². The molecule has 0 aliphatic carbocycles. The van der Waals surface area contributed by atoms with Crippen LogP contribution in [0.1, 0.15) is 36.0 Å². The van der Waals surface area contributed by atoms with E-state index in [1.165, 1.54) is 26.3 Å². The van der Waals surface area contributed by atoms with Crippen molar-refractivity contribution >= 4 is 22.6 Å². The molecule has 0 aliphatic heterocycles. The summed E-state index contributed by atoms with van der Waals surface area (Å²) in [5.74, 6) is -1.08. The van der Waals surface area contributed by atoms with Gasteiger partial charge in [0.15, 0.2) is 23.3 Å². The predicted octanol–water partition coefficient (Wildman–Crippen LogP) is 4.82. The van der Waals surface area contributed by atoms with Crippen LogP contribution >= 0.6 is 0 Å². The highest BCUT2D eigenvalue weighted by atomic mass is 16.6. The number of ether oxygens (including phenoxy) is 3. The molecule has 1 heterocycles. The van der Waals surface area contributed by atoms with Gasteiger partial charge in [0.2, 0.25) is 0 Å². The van der Waals surface area contributed by atoms with Crippen molar-refractivity contribution in [1.29, 1.82) is 0 Å². The molecule has 0 bridgehead atoms. The van der Waals surface area contributed by atoms with E-state index >= 15 is 0 Å². The first-order chi connectivity index (χ1) is 17.9. The number of benzene rings is 3. The monoisotopic (exact) mass is 500 g/mol. The molecule has 0 radical (unpaired) electrons. The summed E-state index contributed by atoms with van der Waals surface area (Å²) in [4.78, 5) is 29.4. The Hall–Kier alpha value is -4.59. The number of aromatic nitrogens is 1. The van der Waals surface area contributed by atoms with Crippen molar-refractivity contribution in [3.8, 4) is 17.2 Å². The molecule has 190 valence electrons. The third kappa shape index (κ3) is 5.98. The highest BCUT2D eigenvalue weighted by Gasteiger charge is 2.29. The van der Waals surface area contributed by atoms with Crippen LogP contribution in [0.25, 0.3) is 10.8 Å². The van der Waals surface area contributed by atoms with Crippen LogP contribution in [0.4, 0.5) is 0 Å². The second-order valence-electron chi connectivity index (χ2n) is 8.51. The van der Waals surface area contributed by atoms with E-state index < -0.39 is 35.9 Å². The van der Waals surface area contributed by atoms with Crippen LogP contribution in [0.15, 0.2) is 85.1 Å². The molecule has 0 saturated carbocycles. The number of carbonyl (C=O) groups excluding carboxylic acids is 2. The van der Waals surface area contributed by atoms with Crippen LogP contribution in [0.2, 0.25) is 0 Å². The number of aromatic hydroxyl groups is 1. The number of hydrogen-bond donors (Lipinski definition) is 2. The number of pyridine rings is 1. The van der Waals surface area contributed by atoms with Crippen molar-refractivity contribution in [2.24, 2.45) is 0 Å². The standard InChI is InChI=1S/C29H28N2O6/c1-18(31-28(33)25-26(32)24(35-3)15-16-30-25)29(34)36-19(2)27(37-23-11-5-4-6-12-23)22-14-13-20-9-7-8-10-21(20)17-22/h4-19,27,32H,1-3H3,(H,31,33)/t18-,19-,27-/m0/s1. The minimum absolute atomic E-state index is 0.0975. The third-order valence-corrected chi connectivity index (χ3v) is 5.86. The van der Waals surface area contributed by atoms with Gasteiger partial charge in [-0.25, -0.2) is 9.78 Å². The Morgan fingerprint density at radius 3 is 2.35 bits per heavy atom. The summed E-state index contributed by atoms with van der Waals surface area (Å²) < 4.78 is 17.0. The molecule has 0 unspecified atom stereocenters. The van der Waals surface area contributed by atoms with Crippen molar-refractivity contribution in [2.45, 2.75) is 32.1 Å². The zero-order chi connectivity index (χ0) is 26.4. The number of esters is 1. The predicted molar refractivity (Wildman–Crippen MR) is 139 cm³/mol. The largest absolute Gasteiger partial charge is 0.503 e. The summed E-state index contributed by atoms with van der Waals surface area (Å²) in [5, 5.41) is 14.8. The first kappa shape index (κ1) is 25.5. The zero-order valence-electron chi connectivity index (χ0n) is 20.8. The van der Waals surface area contributed by atoms with E-state index in [4.69, 9.17) is 14.2 Å². The van der Waals surface area contributed by atoms with Gasteiger partial charge in [-0.3, -0.25) is 4.79 Å².